The number of benzene rings is 2. The zero-order chi connectivity index (χ0) is 21.9. The Morgan fingerprint density at radius 2 is 1.91 bits per heavy atom. The van der Waals surface area contributed by atoms with E-state index in [2.05, 4.69) is 16.0 Å². The zero-order valence-corrected chi connectivity index (χ0v) is 17.9. The molecule has 32 heavy (non-hydrogen) atoms. The third-order valence-electron chi connectivity index (χ3n) is 5.91. The molecule has 0 saturated carbocycles. The number of ether oxygens (including phenoxy) is 1. The van der Waals surface area contributed by atoms with E-state index in [1.165, 1.54) is 0 Å². The van der Waals surface area contributed by atoms with Crippen LogP contribution in [0.4, 0.5) is 5.69 Å². The standard InChI is InChI=1S/C24H28N6O2/c25-22-20(21-23(32-21)28-18-5-2-1-3-6-18)29-19(15-27-22)16-7-9-17(10-8-16)24(31)30-13-4-11-26-12-14-30/h1-3,5-10,21,23,26-28H,4,11-15,25H2. The van der Waals surface area contributed by atoms with Gasteiger partial charge in [-0.1, -0.05) is 30.3 Å². The van der Waals surface area contributed by atoms with Crippen molar-refractivity contribution in [1.82, 2.24) is 15.5 Å². The highest BCUT2D eigenvalue weighted by molar-refractivity contribution is 6.04. The lowest BCUT2D eigenvalue weighted by atomic mass is 10.1. The van der Waals surface area contributed by atoms with Crippen molar-refractivity contribution >= 4 is 17.3 Å². The first-order chi connectivity index (χ1) is 15.7. The predicted octanol–water partition coefficient (Wildman–Crippen LogP) is 1.48. The van der Waals surface area contributed by atoms with Gasteiger partial charge in [0.15, 0.2) is 12.3 Å². The molecule has 3 aliphatic rings. The molecule has 3 heterocycles. The van der Waals surface area contributed by atoms with Crippen LogP contribution in [0.3, 0.4) is 0 Å². The Morgan fingerprint density at radius 1 is 1.09 bits per heavy atom. The van der Waals surface area contributed by atoms with Gasteiger partial charge < -0.3 is 31.3 Å². The molecular weight excluding hydrogens is 404 g/mol. The minimum atomic E-state index is -0.199. The fourth-order valence-corrected chi connectivity index (χ4v) is 4.06. The molecule has 8 nitrogen and oxygen atoms in total. The summed E-state index contributed by atoms with van der Waals surface area (Å²) in [7, 11) is 0. The predicted molar refractivity (Wildman–Crippen MR) is 124 cm³/mol. The van der Waals surface area contributed by atoms with Crippen LogP contribution in [-0.4, -0.2) is 61.6 Å². The van der Waals surface area contributed by atoms with Gasteiger partial charge in [0.1, 0.15) is 11.5 Å². The monoisotopic (exact) mass is 432 g/mol. The van der Waals surface area contributed by atoms with Gasteiger partial charge in [0.05, 0.1) is 12.3 Å². The highest BCUT2D eigenvalue weighted by Gasteiger charge is 2.44. The van der Waals surface area contributed by atoms with Crippen LogP contribution >= 0.6 is 0 Å². The summed E-state index contributed by atoms with van der Waals surface area (Å²) in [5.74, 6) is 0.618. The summed E-state index contributed by atoms with van der Waals surface area (Å²) in [5.41, 5.74) is 10.4. The van der Waals surface area contributed by atoms with Gasteiger partial charge in [-0.15, -0.1) is 0 Å². The normalized spacial score (nSPS) is 23.1. The lowest BCUT2D eigenvalue weighted by Gasteiger charge is -2.21. The average Bonchev–Trinajstić information content (AvgIpc) is 3.63. The van der Waals surface area contributed by atoms with Gasteiger partial charge >= 0.3 is 0 Å². The number of amides is 1. The van der Waals surface area contributed by atoms with Crippen LogP contribution in [-0.2, 0) is 4.74 Å². The molecule has 166 valence electrons. The summed E-state index contributed by atoms with van der Waals surface area (Å²) in [6.07, 6.45) is 0.626. The number of epoxide rings is 1. The highest BCUT2D eigenvalue weighted by atomic mass is 16.6. The highest BCUT2D eigenvalue weighted by Crippen LogP contribution is 2.33. The smallest absolute Gasteiger partial charge is 0.253 e. The molecule has 2 saturated heterocycles. The molecule has 8 heteroatoms. The largest absolute Gasteiger partial charge is 0.384 e. The third-order valence-corrected chi connectivity index (χ3v) is 5.91. The fraction of sp³-hybridized carbons (Fsp3) is 0.333. The fourth-order valence-electron chi connectivity index (χ4n) is 4.06. The number of rotatable bonds is 5. The van der Waals surface area contributed by atoms with Crippen LogP contribution < -0.4 is 21.7 Å². The molecule has 2 aromatic carbocycles. The van der Waals surface area contributed by atoms with Crippen molar-refractivity contribution < 1.29 is 9.53 Å². The van der Waals surface area contributed by atoms with Crippen molar-refractivity contribution in [3.63, 3.8) is 0 Å². The molecule has 3 aliphatic heterocycles. The molecule has 0 bridgehead atoms. The molecule has 0 spiro atoms. The van der Waals surface area contributed by atoms with E-state index in [-0.39, 0.29) is 18.2 Å². The van der Waals surface area contributed by atoms with Crippen molar-refractivity contribution in [3.8, 4) is 0 Å². The van der Waals surface area contributed by atoms with Gasteiger partial charge in [-0.2, -0.15) is 0 Å². The van der Waals surface area contributed by atoms with Gasteiger partial charge in [-0.25, -0.2) is 4.99 Å². The number of anilines is 1. The van der Waals surface area contributed by atoms with Crippen LogP contribution in [0.5, 0.6) is 0 Å². The minimum Gasteiger partial charge on any atom is -0.384 e. The van der Waals surface area contributed by atoms with Crippen LogP contribution in [0, 0.1) is 0 Å². The SMILES string of the molecule is NC1=C(C2OC2Nc2ccccc2)N=C(c2ccc(C(=O)N3CCCNCC3)cc2)CN1. The van der Waals surface area contributed by atoms with Crippen LogP contribution in [0.15, 0.2) is 71.1 Å². The van der Waals surface area contributed by atoms with Crippen molar-refractivity contribution in [1.29, 1.82) is 0 Å². The maximum atomic E-state index is 12.8. The first-order valence-electron chi connectivity index (χ1n) is 11.1. The molecule has 5 rings (SSSR count). The van der Waals surface area contributed by atoms with Gasteiger partial charge in [-0.3, -0.25) is 4.79 Å². The quantitative estimate of drug-likeness (QED) is 0.533. The molecule has 2 unspecified atom stereocenters. The zero-order valence-electron chi connectivity index (χ0n) is 17.9. The maximum Gasteiger partial charge on any atom is 0.253 e. The summed E-state index contributed by atoms with van der Waals surface area (Å²) in [4.78, 5) is 19.5. The second kappa shape index (κ2) is 9.02. The van der Waals surface area contributed by atoms with E-state index < -0.39 is 0 Å². The Labute approximate surface area is 187 Å². The summed E-state index contributed by atoms with van der Waals surface area (Å²) < 4.78 is 5.79. The third kappa shape index (κ3) is 4.46. The van der Waals surface area contributed by atoms with Gasteiger partial charge in [0.25, 0.3) is 5.91 Å². The number of hydrogen-bond donors (Lipinski definition) is 4. The molecule has 2 atom stereocenters. The van der Waals surface area contributed by atoms with Crippen molar-refractivity contribution in [2.75, 3.05) is 38.0 Å². The second-order valence-electron chi connectivity index (χ2n) is 8.17. The van der Waals surface area contributed by atoms with Gasteiger partial charge in [-0.05, 0) is 42.8 Å². The molecular formula is C24H28N6O2. The number of para-hydroxylation sites is 1. The summed E-state index contributed by atoms with van der Waals surface area (Å²) in [5, 5.41) is 9.89. The van der Waals surface area contributed by atoms with Crippen LogP contribution in [0.1, 0.15) is 22.3 Å². The molecule has 2 fully saturated rings. The van der Waals surface area contributed by atoms with Crippen molar-refractivity contribution in [3.05, 3.63) is 77.2 Å². The Bertz CT molecular complexity index is 1030. The van der Waals surface area contributed by atoms with Crippen molar-refractivity contribution in [2.45, 2.75) is 18.8 Å². The molecule has 0 aliphatic carbocycles. The summed E-state index contributed by atoms with van der Waals surface area (Å²) in [6.45, 7) is 3.86. The van der Waals surface area contributed by atoms with Gasteiger partial charge in [0.2, 0.25) is 0 Å². The molecule has 5 N–H and O–H groups in total. The van der Waals surface area contributed by atoms with E-state index >= 15 is 0 Å². The molecule has 1 amide bonds. The maximum absolute atomic E-state index is 12.8. The topological polar surface area (TPSA) is 107 Å². The number of nitrogens with zero attached hydrogens (tertiary/aromatic N) is 2. The average molecular weight is 433 g/mol. The second-order valence-corrected chi connectivity index (χ2v) is 8.17. The number of hydrogen-bond acceptors (Lipinski definition) is 7. The van der Waals surface area contributed by atoms with E-state index in [9.17, 15) is 4.79 Å². The number of nitrogens with two attached hydrogens (primary N) is 1. The summed E-state index contributed by atoms with van der Waals surface area (Å²) in [6, 6.07) is 17.6. The van der Waals surface area contributed by atoms with Crippen molar-refractivity contribution in [2.24, 2.45) is 10.7 Å². The molecule has 0 radical (unpaired) electrons. The van der Waals surface area contributed by atoms with E-state index in [0.717, 1.165) is 49.6 Å². The molecule has 2 aromatic rings. The molecule has 0 aromatic heterocycles. The Kier molecular flexibility index (Phi) is 5.79. The van der Waals surface area contributed by atoms with Crippen LogP contribution in [0.25, 0.3) is 0 Å². The van der Waals surface area contributed by atoms with E-state index in [0.29, 0.717) is 23.6 Å². The number of carbonyl (C=O) groups is 1. The van der Waals surface area contributed by atoms with E-state index in [1.807, 2.05) is 59.5 Å². The number of carbonyl (C=O) groups excluding carboxylic acids is 1. The first-order valence-corrected chi connectivity index (χ1v) is 11.1. The number of nitrogens with one attached hydrogen (secondary N) is 3. The first kappa shape index (κ1) is 20.5. The lowest BCUT2D eigenvalue weighted by molar-refractivity contribution is 0.0766. The van der Waals surface area contributed by atoms with E-state index in [4.69, 9.17) is 15.5 Å². The van der Waals surface area contributed by atoms with Gasteiger partial charge in [0, 0.05) is 30.9 Å². The Morgan fingerprint density at radius 3 is 2.72 bits per heavy atom. The van der Waals surface area contributed by atoms with E-state index in [1.54, 1.807) is 0 Å². The minimum absolute atomic E-state index is 0.0787. The number of aliphatic imine (C=N–C) groups is 1. The van der Waals surface area contributed by atoms with Crippen LogP contribution in [0.2, 0.25) is 0 Å². The lowest BCUT2D eigenvalue weighted by Crippen LogP contribution is -2.34. The summed E-state index contributed by atoms with van der Waals surface area (Å²) >= 11 is 0. The Hall–Kier alpha value is -3.36. The Balaban J connectivity index is 1.27.